The summed E-state index contributed by atoms with van der Waals surface area (Å²) >= 11 is 0. The molecule has 0 radical (unpaired) electrons. The fourth-order valence-electron chi connectivity index (χ4n) is 1.77. The molecular weight excluding hydrogens is 258 g/mol. The number of ether oxygens (including phenoxy) is 1. The van der Waals surface area contributed by atoms with Gasteiger partial charge < -0.3 is 15.2 Å². The van der Waals surface area contributed by atoms with Gasteiger partial charge in [-0.1, -0.05) is 6.92 Å². The number of benzene rings is 1. The second-order valence-electron chi connectivity index (χ2n) is 4.14. The molecule has 0 unspecified atom stereocenters. The van der Waals surface area contributed by atoms with E-state index in [-0.39, 0.29) is 18.7 Å². The number of aromatic hydroxyl groups is 1. The molecule has 0 bridgehead atoms. The predicted molar refractivity (Wildman–Crippen MR) is 71.8 cm³/mol. The zero-order valence-electron chi connectivity index (χ0n) is 11.3. The standard InChI is InChI=1S/C14H15N3O3/c1-3-14(8-15,9-16)11-6-10(18)4-5-12(11)17-7-13(19)20-2/h4-6,17-18H,3,7H2,1-2H3. The summed E-state index contributed by atoms with van der Waals surface area (Å²) in [6.07, 6.45) is 0.260. The lowest BCUT2D eigenvalue weighted by Gasteiger charge is -2.21. The van der Waals surface area contributed by atoms with Gasteiger partial charge in [-0.3, -0.25) is 4.79 Å². The first-order valence-corrected chi connectivity index (χ1v) is 5.99. The third kappa shape index (κ3) is 2.99. The van der Waals surface area contributed by atoms with Crippen molar-refractivity contribution in [1.29, 1.82) is 10.5 Å². The number of carbonyl (C=O) groups excluding carboxylic acids is 1. The van der Waals surface area contributed by atoms with Crippen molar-refractivity contribution in [1.82, 2.24) is 0 Å². The van der Waals surface area contributed by atoms with E-state index in [2.05, 4.69) is 10.1 Å². The molecule has 0 atom stereocenters. The van der Waals surface area contributed by atoms with Crippen LogP contribution < -0.4 is 5.32 Å². The van der Waals surface area contributed by atoms with Crippen molar-refractivity contribution in [3.8, 4) is 17.9 Å². The predicted octanol–water partition coefficient (Wildman–Crippen LogP) is 1.67. The van der Waals surface area contributed by atoms with Gasteiger partial charge in [0.05, 0.1) is 19.2 Å². The van der Waals surface area contributed by atoms with Crippen molar-refractivity contribution >= 4 is 11.7 Å². The zero-order valence-corrected chi connectivity index (χ0v) is 11.3. The second kappa shape index (κ2) is 6.44. The number of hydrogen-bond donors (Lipinski definition) is 2. The minimum Gasteiger partial charge on any atom is -0.508 e. The fraction of sp³-hybridized carbons (Fsp3) is 0.357. The van der Waals surface area contributed by atoms with Crippen LogP contribution in [0.3, 0.4) is 0 Å². The Morgan fingerprint density at radius 3 is 2.60 bits per heavy atom. The Morgan fingerprint density at radius 2 is 2.10 bits per heavy atom. The van der Waals surface area contributed by atoms with Gasteiger partial charge in [0.1, 0.15) is 12.3 Å². The number of nitriles is 2. The SMILES string of the molecule is CCC(C#N)(C#N)c1cc(O)ccc1NCC(=O)OC. The number of phenolic OH excluding ortho intramolecular Hbond substituents is 1. The summed E-state index contributed by atoms with van der Waals surface area (Å²) < 4.78 is 4.52. The molecule has 0 saturated heterocycles. The Morgan fingerprint density at radius 1 is 1.45 bits per heavy atom. The molecule has 0 fully saturated rings. The maximum Gasteiger partial charge on any atom is 0.325 e. The first-order valence-electron chi connectivity index (χ1n) is 5.99. The van der Waals surface area contributed by atoms with E-state index in [0.717, 1.165) is 0 Å². The molecule has 0 heterocycles. The number of anilines is 1. The molecular formula is C14H15N3O3. The lowest BCUT2D eigenvalue weighted by molar-refractivity contribution is -0.138. The van der Waals surface area contributed by atoms with Crippen molar-refractivity contribution in [3.05, 3.63) is 23.8 Å². The van der Waals surface area contributed by atoms with E-state index in [0.29, 0.717) is 11.3 Å². The highest BCUT2D eigenvalue weighted by atomic mass is 16.5. The van der Waals surface area contributed by atoms with E-state index in [1.807, 2.05) is 12.1 Å². The quantitative estimate of drug-likeness (QED) is 0.624. The van der Waals surface area contributed by atoms with Gasteiger partial charge in [0.2, 0.25) is 0 Å². The number of nitrogens with zero attached hydrogens (tertiary/aromatic N) is 2. The van der Waals surface area contributed by atoms with Crippen LogP contribution in [0.2, 0.25) is 0 Å². The second-order valence-corrected chi connectivity index (χ2v) is 4.14. The number of phenols is 1. The Kier molecular flexibility index (Phi) is 4.94. The van der Waals surface area contributed by atoms with Crippen LogP contribution in [0.15, 0.2) is 18.2 Å². The van der Waals surface area contributed by atoms with Gasteiger partial charge in [0, 0.05) is 11.3 Å². The summed E-state index contributed by atoms with van der Waals surface area (Å²) in [7, 11) is 1.27. The number of esters is 1. The van der Waals surface area contributed by atoms with Crippen molar-refractivity contribution in [2.75, 3.05) is 19.0 Å². The Labute approximate surface area is 117 Å². The molecule has 20 heavy (non-hydrogen) atoms. The highest BCUT2D eigenvalue weighted by molar-refractivity contribution is 5.76. The molecule has 1 aromatic carbocycles. The monoisotopic (exact) mass is 273 g/mol. The average Bonchev–Trinajstić information content (AvgIpc) is 2.48. The molecule has 2 N–H and O–H groups in total. The van der Waals surface area contributed by atoms with Crippen LogP contribution in [0, 0.1) is 22.7 Å². The van der Waals surface area contributed by atoms with Crippen LogP contribution in [0.4, 0.5) is 5.69 Å². The van der Waals surface area contributed by atoms with Crippen molar-refractivity contribution in [3.63, 3.8) is 0 Å². The van der Waals surface area contributed by atoms with E-state index in [1.54, 1.807) is 6.92 Å². The number of nitrogens with one attached hydrogen (secondary N) is 1. The Bertz CT molecular complexity index is 570. The van der Waals surface area contributed by atoms with E-state index < -0.39 is 11.4 Å². The summed E-state index contributed by atoms with van der Waals surface area (Å²) in [5.74, 6) is -0.521. The molecule has 0 aromatic heterocycles. The van der Waals surface area contributed by atoms with Crippen LogP contribution >= 0.6 is 0 Å². The number of rotatable bonds is 5. The van der Waals surface area contributed by atoms with Crippen molar-refractivity contribution in [2.24, 2.45) is 0 Å². The van der Waals surface area contributed by atoms with Gasteiger partial charge in [-0.05, 0) is 24.6 Å². The highest BCUT2D eigenvalue weighted by Gasteiger charge is 2.33. The molecule has 1 rings (SSSR count). The van der Waals surface area contributed by atoms with Gasteiger partial charge in [0.15, 0.2) is 5.41 Å². The summed E-state index contributed by atoms with van der Waals surface area (Å²) in [4.78, 5) is 11.2. The van der Waals surface area contributed by atoms with E-state index in [9.17, 15) is 20.4 Å². The smallest absolute Gasteiger partial charge is 0.325 e. The summed E-state index contributed by atoms with van der Waals surface area (Å²) in [6.45, 7) is 1.62. The van der Waals surface area contributed by atoms with Crippen LogP contribution in [-0.4, -0.2) is 24.7 Å². The molecule has 0 aliphatic heterocycles. The lowest BCUT2D eigenvalue weighted by Crippen LogP contribution is -2.24. The summed E-state index contributed by atoms with van der Waals surface area (Å²) in [6, 6.07) is 8.24. The Hall–Kier alpha value is -2.73. The molecule has 6 nitrogen and oxygen atoms in total. The minimum absolute atomic E-state index is 0.0491. The summed E-state index contributed by atoms with van der Waals surface area (Å²) in [5, 5.41) is 31.0. The van der Waals surface area contributed by atoms with Crippen LogP contribution in [0.25, 0.3) is 0 Å². The number of methoxy groups -OCH3 is 1. The van der Waals surface area contributed by atoms with E-state index in [1.165, 1.54) is 25.3 Å². The van der Waals surface area contributed by atoms with Crippen LogP contribution in [-0.2, 0) is 14.9 Å². The van der Waals surface area contributed by atoms with Gasteiger partial charge in [-0.15, -0.1) is 0 Å². The van der Waals surface area contributed by atoms with Gasteiger partial charge in [-0.2, -0.15) is 10.5 Å². The van der Waals surface area contributed by atoms with Crippen LogP contribution in [0.1, 0.15) is 18.9 Å². The summed E-state index contributed by atoms with van der Waals surface area (Å²) in [5.41, 5.74) is -0.593. The van der Waals surface area contributed by atoms with Crippen molar-refractivity contribution in [2.45, 2.75) is 18.8 Å². The maximum absolute atomic E-state index is 11.2. The molecule has 6 heteroatoms. The maximum atomic E-state index is 11.2. The normalized spacial score (nSPS) is 10.2. The molecule has 104 valence electrons. The molecule has 0 aliphatic carbocycles. The van der Waals surface area contributed by atoms with Gasteiger partial charge in [-0.25, -0.2) is 0 Å². The highest BCUT2D eigenvalue weighted by Crippen LogP contribution is 2.35. The van der Waals surface area contributed by atoms with Gasteiger partial charge >= 0.3 is 5.97 Å². The Balaban J connectivity index is 3.24. The molecule has 1 aromatic rings. The van der Waals surface area contributed by atoms with Crippen LogP contribution in [0.5, 0.6) is 5.75 Å². The topological polar surface area (TPSA) is 106 Å². The molecule has 0 spiro atoms. The first-order chi connectivity index (χ1) is 9.52. The van der Waals surface area contributed by atoms with E-state index >= 15 is 0 Å². The lowest BCUT2D eigenvalue weighted by atomic mass is 9.80. The van der Waals surface area contributed by atoms with Gasteiger partial charge in [0.25, 0.3) is 0 Å². The molecule has 0 amide bonds. The number of carbonyl (C=O) groups is 1. The average molecular weight is 273 g/mol. The minimum atomic E-state index is -1.38. The fourth-order valence-corrected chi connectivity index (χ4v) is 1.77. The number of hydrogen-bond acceptors (Lipinski definition) is 6. The third-order valence-corrected chi connectivity index (χ3v) is 3.03. The first kappa shape index (κ1) is 15.3. The molecule has 0 saturated carbocycles. The zero-order chi connectivity index (χ0) is 15.2. The molecule has 0 aliphatic rings. The van der Waals surface area contributed by atoms with Crippen molar-refractivity contribution < 1.29 is 14.6 Å². The van der Waals surface area contributed by atoms with E-state index in [4.69, 9.17) is 0 Å². The largest absolute Gasteiger partial charge is 0.508 e. The third-order valence-electron chi connectivity index (χ3n) is 3.03.